The Morgan fingerprint density at radius 1 is 1.16 bits per heavy atom. The Kier molecular flexibility index (Phi) is 5.61. The molecule has 1 amide bonds. The first-order valence-electron chi connectivity index (χ1n) is 8.04. The van der Waals surface area contributed by atoms with Gasteiger partial charge in [0.1, 0.15) is 23.7 Å². The van der Waals surface area contributed by atoms with Gasteiger partial charge in [-0.15, -0.1) is 0 Å². The lowest BCUT2D eigenvalue weighted by molar-refractivity contribution is -0.173. The molecule has 1 fully saturated rings. The SMILES string of the molecule is CC(=O)N[C@@H]1[C@@H](O)[C@H](O)[C@@H](CO)O[C@H]1Sc1ccc2ccccc2c1. The third kappa shape index (κ3) is 3.96. The smallest absolute Gasteiger partial charge is 0.217 e. The molecule has 1 heterocycles. The molecule has 0 unspecified atom stereocenters. The summed E-state index contributed by atoms with van der Waals surface area (Å²) in [6, 6.07) is 13.1. The summed E-state index contributed by atoms with van der Waals surface area (Å²) in [6.45, 7) is 0.925. The fourth-order valence-corrected chi connectivity index (χ4v) is 4.13. The minimum absolute atomic E-state index is 0.327. The number of aliphatic hydroxyl groups excluding tert-OH is 3. The molecule has 0 bridgehead atoms. The molecule has 4 N–H and O–H groups in total. The molecule has 0 radical (unpaired) electrons. The third-order valence-corrected chi connectivity index (χ3v) is 5.39. The molecular formula is C18H21NO5S. The van der Waals surface area contributed by atoms with E-state index in [1.54, 1.807) is 0 Å². The van der Waals surface area contributed by atoms with Crippen LogP contribution in [-0.2, 0) is 9.53 Å². The predicted molar refractivity (Wildman–Crippen MR) is 95.2 cm³/mol. The number of rotatable bonds is 4. The molecule has 1 aliphatic heterocycles. The molecule has 2 aromatic carbocycles. The first-order valence-corrected chi connectivity index (χ1v) is 8.92. The molecule has 7 heteroatoms. The molecule has 0 saturated carbocycles. The van der Waals surface area contributed by atoms with Crippen LogP contribution in [0.1, 0.15) is 6.92 Å². The van der Waals surface area contributed by atoms with Gasteiger partial charge in [0, 0.05) is 11.8 Å². The minimum atomic E-state index is -1.27. The van der Waals surface area contributed by atoms with Gasteiger partial charge in [0.2, 0.25) is 5.91 Å². The highest BCUT2D eigenvalue weighted by Gasteiger charge is 2.45. The van der Waals surface area contributed by atoms with E-state index in [9.17, 15) is 20.1 Å². The molecule has 3 rings (SSSR count). The number of thioether (sulfide) groups is 1. The van der Waals surface area contributed by atoms with Gasteiger partial charge in [-0.25, -0.2) is 0 Å². The second-order valence-electron chi connectivity index (χ2n) is 6.06. The van der Waals surface area contributed by atoms with Crippen molar-refractivity contribution in [3.8, 4) is 0 Å². The van der Waals surface area contributed by atoms with E-state index in [-0.39, 0.29) is 5.91 Å². The molecule has 25 heavy (non-hydrogen) atoms. The van der Waals surface area contributed by atoms with Crippen molar-refractivity contribution >= 4 is 28.4 Å². The average Bonchev–Trinajstić information content (AvgIpc) is 2.61. The van der Waals surface area contributed by atoms with E-state index in [2.05, 4.69) is 5.32 Å². The molecule has 0 aromatic heterocycles. The number of amides is 1. The topological polar surface area (TPSA) is 99.0 Å². The highest BCUT2D eigenvalue weighted by molar-refractivity contribution is 7.99. The van der Waals surface area contributed by atoms with E-state index in [0.717, 1.165) is 15.7 Å². The van der Waals surface area contributed by atoms with Gasteiger partial charge in [-0.3, -0.25) is 4.79 Å². The number of fused-ring (bicyclic) bond motifs is 1. The summed E-state index contributed by atoms with van der Waals surface area (Å²) in [5.74, 6) is -0.327. The monoisotopic (exact) mass is 363 g/mol. The van der Waals surface area contributed by atoms with Crippen molar-refractivity contribution in [3.05, 3.63) is 42.5 Å². The summed E-state index contributed by atoms with van der Waals surface area (Å²) in [4.78, 5) is 12.4. The van der Waals surface area contributed by atoms with E-state index in [1.165, 1.54) is 18.7 Å². The van der Waals surface area contributed by atoms with Crippen LogP contribution in [0.15, 0.2) is 47.4 Å². The van der Waals surface area contributed by atoms with Gasteiger partial charge in [0.25, 0.3) is 0 Å². The Bertz CT molecular complexity index is 755. The van der Waals surface area contributed by atoms with Crippen LogP contribution in [0.25, 0.3) is 10.8 Å². The predicted octanol–water partition coefficient (Wildman–Crippen LogP) is 0.876. The zero-order valence-corrected chi connectivity index (χ0v) is 14.5. The summed E-state index contributed by atoms with van der Waals surface area (Å²) < 4.78 is 5.74. The van der Waals surface area contributed by atoms with Crippen molar-refractivity contribution in [1.82, 2.24) is 5.32 Å². The van der Waals surface area contributed by atoms with Crippen LogP contribution in [0.2, 0.25) is 0 Å². The number of benzene rings is 2. The number of nitrogens with one attached hydrogen (secondary N) is 1. The summed E-state index contributed by atoms with van der Waals surface area (Å²) >= 11 is 1.34. The second-order valence-corrected chi connectivity index (χ2v) is 7.23. The quantitative estimate of drug-likeness (QED) is 0.644. The Balaban J connectivity index is 1.86. The van der Waals surface area contributed by atoms with Crippen molar-refractivity contribution in [1.29, 1.82) is 0 Å². The van der Waals surface area contributed by atoms with Crippen LogP contribution < -0.4 is 5.32 Å². The molecule has 1 saturated heterocycles. The summed E-state index contributed by atoms with van der Waals surface area (Å²) in [6.07, 6.45) is -3.40. The number of hydrogen-bond acceptors (Lipinski definition) is 6. The van der Waals surface area contributed by atoms with E-state index in [1.807, 2.05) is 42.5 Å². The maximum Gasteiger partial charge on any atom is 0.217 e. The van der Waals surface area contributed by atoms with Crippen LogP contribution >= 0.6 is 11.8 Å². The van der Waals surface area contributed by atoms with Gasteiger partial charge < -0.3 is 25.4 Å². The van der Waals surface area contributed by atoms with Crippen molar-refractivity contribution in [2.75, 3.05) is 6.61 Å². The van der Waals surface area contributed by atoms with Crippen LogP contribution in [0, 0.1) is 0 Å². The molecular weight excluding hydrogens is 342 g/mol. The zero-order valence-electron chi connectivity index (χ0n) is 13.7. The van der Waals surface area contributed by atoms with E-state index in [4.69, 9.17) is 4.74 Å². The summed E-state index contributed by atoms with van der Waals surface area (Å²) in [5, 5.41) is 34.6. The molecule has 6 nitrogen and oxygen atoms in total. The first-order chi connectivity index (χ1) is 12.0. The van der Waals surface area contributed by atoms with E-state index < -0.39 is 36.4 Å². The number of hydrogen-bond donors (Lipinski definition) is 4. The Labute approximate surface area is 149 Å². The van der Waals surface area contributed by atoms with Crippen molar-refractivity contribution < 1.29 is 24.9 Å². The molecule has 0 aliphatic carbocycles. The fourth-order valence-electron chi connectivity index (χ4n) is 2.95. The molecule has 0 spiro atoms. The number of carbonyl (C=O) groups is 1. The van der Waals surface area contributed by atoms with Gasteiger partial charge >= 0.3 is 0 Å². The normalized spacial score (nSPS) is 29.5. The summed E-state index contributed by atoms with van der Waals surface area (Å²) in [7, 11) is 0. The Morgan fingerprint density at radius 2 is 1.88 bits per heavy atom. The number of aliphatic hydroxyl groups is 3. The molecule has 5 atom stereocenters. The number of ether oxygens (including phenoxy) is 1. The lowest BCUT2D eigenvalue weighted by Crippen LogP contribution is -2.63. The maximum absolute atomic E-state index is 11.5. The third-order valence-electron chi connectivity index (χ3n) is 4.22. The fraction of sp³-hybridized carbons (Fsp3) is 0.389. The standard InChI is InChI=1S/C18H21NO5S/c1-10(21)19-15-17(23)16(22)14(9-20)24-18(15)25-13-7-6-11-4-2-3-5-12(11)8-13/h2-8,14-18,20,22-23H,9H2,1H3,(H,19,21)/t14-,15-,16-,17-,18+/m1/s1. The minimum Gasteiger partial charge on any atom is -0.394 e. The van der Waals surface area contributed by atoms with Gasteiger partial charge in [-0.05, 0) is 22.9 Å². The largest absolute Gasteiger partial charge is 0.394 e. The first kappa shape index (κ1) is 18.2. The van der Waals surface area contributed by atoms with Crippen LogP contribution in [0.5, 0.6) is 0 Å². The molecule has 2 aromatic rings. The lowest BCUT2D eigenvalue weighted by Gasteiger charge is -2.42. The van der Waals surface area contributed by atoms with Crippen LogP contribution in [-0.4, -0.2) is 57.6 Å². The van der Waals surface area contributed by atoms with Gasteiger partial charge in [-0.2, -0.15) is 0 Å². The maximum atomic E-state index is 11.5. The zero-order chi connectivity index (χ0) is 18.0. The van der Waals surface area contributed by atoms with Crippen molar-refractivity contribution in [3.63, 3.8) is 0 Å². The van der Waals surface area contributed by atoms with Gasteiger partial charge in [0.05, 0.1) is 12.6 Å². The van der Waals surface area contributed by atoms with Crippen molar-refractivity contribution in [2.45, 2.75) is 41.6 Å². The van der Waals surface area contributed by atoms with Crippen molar-refractivity contribution in [2.24, 2.45) is 0 Å². The Hall–Kier alpha value is -1.64. The summed E-state index contributed by atoms with van der Waals surface area (Å²) in [5.41, 5.74) is -0.638. The highest BCUT2D eigenvalue weighted by Crippen LogP contribution is 2.34. The molecule has 134 valence electrons. The van der Waals surface area contributed by atoms with Gasteiger partial charge in [-0.1, -0.05) is 42.1 Å². The van der Waals surface area contributed by atoms with Crippen LogP contribution in [0.4, 0.5) is 0 Å². The average molecular weight is 363 g/mol. The molecule has 1 aliphatic rings. The Morgan fingerprint density at radius 3 is 2.56 bits per heavy atom. The lowest BCUT2D eigenvalue weighted by atomic mass is 9.98. The second kappa shape index (κ2) is 7.72. The highest BCUT2D eigenvalue weighted by atomic mass is 32.2. The van der Waals surface area contributed by atoms with E-state index in [0.29, 0.717) is 0 Å². The van der Waals surface area contributed by atoms with Gasteiger partial charge in [0.15, 0.2) is 0 Å². The van der Waals surface area contributed by atoms with E-state index >= 15 is 0 Å². The number of carbonyl (C=O) groups excluding carboxylic acids is 1. The van der Waals surface area contributed by atoms with Crippen LogP contribution in [0.3, 0.4) is 0 Å².